The normalized spacial score (nSPS) is 15.1. The first-order valence-corrected chi connectivity index (χ1v) is 12.3. The van der Waals surface area contributed by atoms with E-state index in [2.05, 4.69) is 4.72 Å². The molecule has 0 radical (unpaired) electrons. The van der Waals surface area contributed by atoms with E-state index < -0.39 is 34.1 Å². The van der Waals surface area contributed by atoms with Crippen molar-refractivity contribution in [1.29, 1.82) is 0 Å². The van der Waals surface area contributed by atoms with Crippen LogP contribution in [0, 0.1) is 11.2 Å². The summed E-state index contributed by atoms with van der Waals surface area (Å²) in [4.78, 5) is 0. The molecule has 0 aliphatic carbocycles. The second kappa shape index (κ2) is 9.37. The second-order valence-corrected chi connectivity index (χ2v) is 13.0. The van der Waals surface area contributed by atoms with Gasteiger partial charge in [0, 0.05) is 56.7 Å². The third-order valence-corrected chi connectivity index (χ3v) is 7.12. The van der Waals surface area contributed by atoms with Crippen LogP contribution in [0.25, 0.3) is 22.0 Å². The summed E-state index contributed by atoms with van der Waals surface area (Å²) >= 11 is 4.28. The summed E-state index contributed by atoms with van der Waals surface area (Å²) in [5.74, 6) is -0.687. The molecule has 0 bridgehead atoms. The Bertz CT molecular complexity index is 1180. The molecule has 0 spiro atoms. The van der Waals surface area contributed by atoms with Gasteiger partial charge < -0.3 is 9.12 Å². The van der Waals surface area contributed by atoms with Crippen LogP contribution in [0.4, 0.5) is 17.6 Å². The van der Waals surface area contributed by atoms with Crippen molar-refractivity contribution in [3.05, 3.63) is 59.0 Å². The van der Waals surface area contributed by atoms with Crippen LogP contribution in [0.2, 0.25) is 5.02 Å². The smallest absolute Gasteiger partial charge is 0.412 e. The standard InChI is InChI=1S/C25H29ClF4N2OS/c1-23(2,3)14-32-13-18(22(25(28,29)30)31-34(33)24(4,5)6)17-11-20(27)16(12-21(17)32)15-9-7-8-10-19(15)26/h7-13,22,31H,14H2,1-6H3/t22-,34-/m0/s1. The van der Waals surface area contributed by atoms with E-state index in [0.29, 0.717) is 22.6 Å². The van der Waals surface area contributed by atoms with Gasteiger partial charge in [-0.25, -0.2) is 4.39 Å². The number of alkyl halides is 3. The first-order chi connectivity index (χ1) is 15.5. The molecule has 34 heavy (non-hydrogen) atoms. The number of fused-ring (bicyclic) bond motifs is 1. The Kier molecular flexibility index (Phi) is 7.40. The van der Waals surface area contributed by atoms with Crippen molar-refractivity contribution in [2.45, 2.75) is 65.1 Å². The monoisotopic (exact) mass is 516 g/mol. The van der Waals surface area contributed by atoms with E-state index in [4.69, 9.17) is 11.6 Å². The largest absolute Gasteiger partial charge is 0.598 e. The van der Waals surface area contributed by atoms with E-state index in [1.165, 1.54) is 12.3 Å². The molecule has 186 valence electrons. The van der Waals surface area contributed by atoms with Gasteiger partial charge in [0.1, 0.15) is 10.6 Å². The van der Waals surface area contributed by atoms with Crippen molar-refractivity contribution >= 4 is 33.9 Å². The highest BCUT2D eigenvalue weighted by Crippen LogP contribution is 2.41. The molecular weight excluding hydrogens is 488 g/mol. The number of halogens is 5. The van der Waals surface area contributed by atoms with Crippen molar-refractivity contribution in [1.82, 2.24) is 9.29 Å². The fraction of sp³-hybridized carbons (Fsp3) is 0.440. The molecule has 3 rings (SSSR count). The van der Waals surface area contributed by atoms with E-state index >= 15 is 4.39 Å². The van der Waals surface area contributed by atoms with Gasteiger partial charge in [-0.3, -0.25) is 0 Å². The summed E-state index contributed by atoms with van der Waals surface area (Å²) < 4.78 is 73.6. The molecule has 9 heteroatoms. The quantitative estimate of drug-likeness (QED) is 0.277. The van der Waals surface area contributed by atoms with Gasteiger partial charge in [-0.15, -0.1) is 4.72 Å². The molecule has 0 saturated carbocycles. The topological polar surface area (TPSA) is 40.0 Å². The van der Waals surface area contributed by atoms with Crippen LogP contribution in [-0.2, 0) is 17.9 Å². The van der Waals surface area contributed by atoms with Crippen LogP contribution in [-0.4, -0.2) is 20.0 Å². The highest BCUT2D eigenvalue weighted by atomic mass is 35.5. The van der Waals surface area contributed by atoms with Crippen LogP contribution in [0.15, 0.2) is 42.6 Å². The Morgan fingerprint density at radius 3 is 2.18 bits per heavy atom. The summed E-state index contributed by atoms with van der Waals surface area (Å²) in [5, 5.41) is 0.448. The molecular formula is C25H29ClF4N2OS. The zero-order valence-electron chi connectivity index (χ0n) is 20.0. The first-order valence-electron chi connectivity index (χ1n) is 10.8. The predicted molar refractivity (Wildman–Crippen MR) is 132 cm³/mol. The Morgan fingerprint density at radius 2 is 1.65 bits per heavy atom. The van der Waals surface area contributed by atoms with Gasteiger partial charge in [0.05, 0.1) is 0 Å². The molecule has 0 aliphatic heterocycles. The molecule has 1 aromatic heterocycles. The number of rotatable bonds is 5. The molecule has 3 nitrogen and oxygen atoms in total. The molecule has 3 aromatic rings. The lowest BCUT2D eigenvalue weighted by Gasteiger charge is -2.29. The van der Waals surface area contributed by atoms with Crippen molar-refractivity contribution in [3.8, 4) is 11.1 Å². The Morgan fingerprint density at radius 1 is 1.03 bits per heavy atom. The summed E-state index contributed by atoms with van der Waals surface area (Å²) in [6.45, 7) is 11.0. The van der Waals surface area contributed by atoms with Crippen LogP contribution >= 0.6 is 11.6 Å². The SMILES string of the molecule is CC(C)(C)Cn1cc([C@H](N[S@@+]([O-])C(C)(C)C)C(F)(F)F)c2cc(F)c(-c3ccccc3Cl)cc21. The fourth-order valence-electron chi connectivity index (χ4n) is 3.69. The van der Waals surface area contributed by atoms with Crippen molar-refractivity contribution in [2.75, 3.05) is 0 Å². The van der Waals surface area contributed by atoms with Crippen molar-refractivity contribution in [3.63, 3.8) is 0 Å². The number of nitrogens with zero attached hydrogens (tertiary/aromatic N) is 1. The Balaban J connectivity index is 2.28. The number of hydrogen-bond acceptors (Lipinski definition) is 2. The molecule has 1 N–H and O–H groups in total. The third-order valence-electron chi connectivity index (χ3n) is 5.23. The minimum atomic E-state index is -4.75. The zero-order valence-corrected chi connectivity index (χ0v) is 21.6. The summed E-state index contributed by atoms with van der Waals surface area (Å²) in [6.07, 6.45) is -3.36. The van der Waals surface area contributed by atoms with Crippen molar-refractivity contribution < 1.29 is 22.1 Å². The van der Waals surface area contributed by atoms with Gasteiger partial charge in [-0.1, -0.05) is 50.6 Å². The molecule has 0 saturated heterocycles. The van der Waals surface area contributed by atoms with Gasteiger partial charge in [-0.05, 0) is 44.4 Å². The minimum absolute atomic E-state index is 0.110. The minimum Gasteiger partial charge on any atom is -0.598 e. The van der Waals surface area contributed by atoms with E-state index in [9.17, 15) is 17.7 Å². The summed E-state index contributed by atoms with van der Waals surface area (Å²) in [6, 6.07) is 7.15. The second-order valence-electron chi connectivity index (χ2n) is 10.6. The molecule has 0 fully saturated rings. The predicted octanol–water partition coefficient (Wildman–Crippen LogP) is 7.80. The van der Waals surface area contributed by atoms with Gasteiger partial charge in [0.15, 0.2) is 6.04 Å². The summed E-state index contributed by atoms with van der Waals surface area (Å²) in [5.41, 5.74) is 0.658. The highest BCUT2D eigenvalue weighted by Gasteiger charge is 2.47. The van der Waals surface area contributed by atoms with Gasteiger partial charge in [0.25, 0.3) is 0 Å². The molecule has 0 aliphatic rings. The number of aromatic nitrogens is 1. The first kappa shape index (κ1) is 26.9. The number of hydrogen-bond donors (Lipinski definition) is 1. The lowest BCUT2D eigenvalue weighted by Crippen LogP contribution is -2.45. The molecule has 0 amide bonds. The molecule has 2 atom stereocenters. The number of nitrogens with one attached hydrogen (secondary N) is 1. The zero-order chi connectivity index (χ0) is 25.6. The van der Waals surface area contributed by atoms with Crippen LogP contribution in [0.3, 0.4) is 0 Å². The molecule has 1 heterocycles. The lowest BCUT2D eigenvalue weighted by molar-refractivity contribution is -0.152. The highest BCUT2D eigenvalue weighted by molar-refractivity contribution is 7.90. The van der Waals surface area contributed by atoms with Gasteiger partial charge in [-0.2, -0.15) is 13.2 Å². The third kappa shape index (κ3) is 5.90. The number of benzene rings is 2. The van der Waals surface area contributed by atoms with E-state index in [1.54, 1.807) is 49.6 Å². The van der Waals surface area contributed by atoms with E-state index in [0.717, 1.165) is 6.07 Å². The van der Waals surface area contributed by atoms with Gasteiger partial charge in [0.2, 0.25) is 0 Å². The van der Waals surface area contributed by atoms with Crippen LogP contribution in [0.5, 0.6) is 0 Å². The maximum Gasteiger partial charge on any atom is 0.412 e. The van der Waals surface area contributed by atoms with Crippen LogP contribution in [0.1, 0.15) is 53.1 Å². The average molecular weight is 517 g/mol. The Hall–Kier alpha value is -1.74. The van der Waals surface area contributed by atoms with Gasteiger partial charge >= 0.3 is 6.18 Å². The maximum atomic E-state index is 15.3. The van der Waals surface area contributed by atoms with Crippen LogP contribution < -0.4 is 4.72 Å². The Labute approximate surface area is 205 Å². The molecule has 2 aromatic carbocycles. The average Bonchev–Trinajstić information content (AvgIpc) is 2.99. The van der Waals surface area contributed by atoms with Crippen molar-refractivity contribution in [2.24, 2.45) is 5.41 Å². The molecule has 0 unspecified atom stereocenters. The summed E-state index contributed by atoms with van der Waals surface area (Å²) in [7, 11) is 0. The van der Waals surface area contributed by atoms with E-state index in [1.807, 2.05) is 20.8 Å². The maximum absolute atomic E-state index is 15.3. The fourth-order valence-corrected chi connectivity index (χ4v) is 4.75. The lowest BCUT2D eigenvalue weighted by atomic mass is 9.96. The van der Waals surface area contributed by atoms with E-state index in [-0.39, 0.29) is 21.9 Å².